The molecule has 0 heterocycles. The van der Waals surface area contributed by atoms with Gasteiger partial charge in [-0.3, -0.25) is 4.79 Å². The third-order valence-electron chi connectivity index (χ3n) is 3.52. The fourth-order valence-electron chi connectivity index (χ4n) is 1.81. The van der Waals surface area contributed by atoms with E-state index in [1.165, 1.54) is 20.0 Å². The highest BCUT2D eigenvalue weighted by Gasteiger charge is 2.35. The Hall–Kier alpha value is -1.07. The largest absolute Gasteiger partial charge is 0.493 e. The van der Waals surface area contributed by atoms with Crippen molar-refractivity contribution in [3.63, 3.8) is 0 Å². The van der Waals surface area contributed by atoms with Crippen LogP contribution in [0.25, 0.3) is 0 Å². The van der Waals surface area contributed by atoms with Gasteiger partial charge < -0.3 is 15.2 Å². The Labute approximate surface area is 121 Å². The number of benzene rings is 1. The molecule has 1 aromatic carbocycles. The first-order valence-electron chi connectivity index (χ1n) is 6.25. The zero-order valence-electron chi connectivity index (χ0n) is 11.1. The average Bonchev–Trinajstić information content (AvgIpc) is 3.19. The summed E-state index contributed by atoms with van der Waals surface area (Å²) < 4.78 is 11.7. The lowest BCUT2D eigenvalue weighted by atomic mass is 9.95. The molecule has 19 heavy (non-hydrogen) atoms. The van der Waals surface area contributed by atoms with E-state index in [4.69, 9.17) is 15.2 Å². The lowest BCUT2D eigenvalue weighted by Crippen LogP contribution is -2.40. The second-order valence-electron chi connectivity index (χ2n) is 5.00. The lowest BCUT2D eigenvalue weighted by molar-refractivity contribution is -0.139. The van der Waals surface area contributed by atoms with Crippen molar-refractivity contribution in [1.29, 1.82) is 0 Å². The topological polar surface area (TPSA) is 61.5 Å². The first-order chi connectivity index (χ1) is 8.97. The van der Waals surface area contributed by atoms with Gasteiger partial charge in [-0.1, -0.05) is 22.0 Å². The van der Waals surface area contributed by atoms with Gasteiger partial charge in [-0.15, -0.1) is 0 Å². The van der Waals surface area contributed by atoms with E-state index >= 15 is 0 Å². The normalized spacial score (nSPS) is 17.8. The van der Waals surface area contributed by atoms with Gasteiger partial charge in [0.05, 0.1) is 6.61 Å². The van der Waals surface area contributed by atoms with E-state index in [1.807, 2.05) is 12.1 Å². The van der Waals surface area contributed by atoms with Crippen LogP contribution in [0, 0.1) is 5.92 Å². The summed E-state index contributed by atoms with van der Waals surface area (Å²) in [7, 11) is 1.47. The number of rotatable bonds is 6. The van der Waals surface area contributed by atoms with Gasteiger partial charge in [-0.2, -0.15) is 0 Å². The van der Waals surface area contributed by atoms with Crippen LogP contribution in [0.5, 0.6) is 5.75 Å². The highest BCUT2D eigenvalue weighted by molar-refractivity contribution is 9.10. The molecule has 0 saturated heterocycles. The molecule has 0 radical (unpaired) electrons. The van der Waals surface area contributed by atoms with Crippen molar-refractivity contribution in [1.82, 2.24) is 0 Å². The maximum Gasteiger partial charge on any atom is 0.254 e. The van der Waals surface area contributed by atoms with Gasteiger partial charge in [0, 0.05) is 17.1 Å². The van der Waals surface area contributed by atoms with Gasteiger partial charge in [0.1, 0.15) is 5.75 Å². The lowest BCUT2D eigenvalue weighted by Gasteiger charge is -2.26. The molecule has 5 heteroatoms. The molecule has 0 aliphatic heterocycles. The number of primary amides is 1. The molecular weight excluding hydrogens is 310 g/mol. The molecule has 1 aliphatic rings. The van der Waals surface area contributed by atoms with Crippen molar-refractivity contribution in [2.24, 2.45) is 11.7 Å². The minimum absolute atomic E-state index is 0.526. The molecule has 1 aliphatic carbocycles. The third-order valence-corrected chi connectivity index (χ3v) is 4.17. The molecule has 2 rings (SSSR count). The number of ether oxygens (including phenoxy) is 2. The van der Waals surface area contributed by atoms with Crippen LogP contribution < -0.4 is 10.5 Å². The second-order valence-corrected chi connectivity index (χ2v) is 5.85. The maximum absolute atomic E-state index is 11.6. The Balaban J connectivity index is 2.19. The van der Waals surface area contributed by atoms with E-state index < -0.39 is 11.5 Å². The van der Waals surface area contributed by atoms with Crippen LogP contribution in [0.4, 0.5) is 0 Å². The zero-order valence-corrected chi connectivity index (χ0v) is 12.7. The number of amides is 1. The highest BCUT2D eigenvalue weighted by Crippen LogP contribution is 2.34. The minimum Gasteiger partial charge on any atom is -0.493 e. The van der Waals surface area contributed by atoms with Crippen molar-refractivity contribution in [3.8, 4) is 5.75 Å². The molecule has 2 N–H and O–H groups in total. The summed E-state index contributed by atoms with van der Waals surface area (Å²) in [5.41, 5.74) is 4.96. The molecule has 0 spiro atoms. The predicted octanol–water partition coefficient (Wildman–Crippen LogP) is 2.58. The van der Waals surface area contributed by atoms with Crippen molar-refractivity contribution < 1.29 is 14.3 Å². The van der Waals surface area contributed by atoms with Crippen molar-refractivity contribution in [2.75, 3.05) is 13.7 Å². The SMILES string of the molecule is COC(C)(C(N)=O)c1ccc(OCC2CC2)cc1Br. The van der Waals surface area contributed by atoms with E-state index in [0.29, 0.717) is 11.5 Å². The molecule has 1 aromatic rings. The smallest absolute Gasteiger partial charge is 0.254 e. The summed E-state index contributed by atoms with van der Waals surface area (Å²) in [5, 5.41) is 0. The minimum atomic E-state index is -1.14. The summed E-state index contributed by atoms with van der Waals surface area (Å²) in [4.78, 5) is 11.6. The van der Waals surface area contributed by atoms with Crippen LogP contribution in [0.1, 0.15) is 25.3 Å². The van der Waals surface area contributed by atoms with Gasteiger partial charge in [-0.05, 0) is 37.8 Å². The van der Waals surface area contributed by atoms with E-state index in [1.54, 1.807) is 13.0 Å². The third kappa shape index (κ3) is 3.09. The Kier molecular flexibility index (Phi) is 4.16. The van der Waals surface area contributed by atoms with Crippen molar-refractivity contribution >= 4 is 21.8 Å². The van der Waals surface area contributed by atoms with Crippen LogP contribution in [0.15, 0.2) is 22.7 Å². The molecule has 1 unspecified atom stereocenters. The molecule has 1 fully saturated rings. The molecule has 0 aromatic heterocycles. The molecule has 104 valence electrons. The van der Waals surface area contributed by atoms with E-state index in [9.17, 15) is 4.79 Å². The Morgan fingerprint density at radius 3 is 2.68 bits per heavy atom. The summed E-state index contributed by atoms with van der Waals surface area (Å²) in [6.07, 6.45) is 2.51. The van der Waals surface area contributed by atoms with E-state index in [2.05, 4.69) is 15.9 Å². The van der Waals surface area contributed by atoms with Gasteiger partial charge >= 0.3 is 0 Å². The zero-order chi connectivity index (χ0) is 14.0. The molecular formula is C14H18BrNO3. The number of nitrogens with two attached hydrogens (primary N) is 1. The van der Waals surface area contributed by atoms with Crippen LogP contribution in [0.3, 0.4) is 0 Å². The number of carbonyl (C=O) groups is 1. The molecule has 1 amide bonds. The van der Waals surface area contributed by atoms with Crippen LogP contribution in [-0.4, -0.2) is 19.6 Å². The molecule has 0 bridgehead atoms. The number of carbonyl (C=O) groups excluding carboxylic acids is 1. The van der Waals surface area contributed by atoms with E-state index in [0.717, 1.165) is 16.8 Å². The van der Waals surface area contributed by atoms with Crippen molar-refractivity contribution in [3.05, 3.63) is 28.2 Å². The molecule has 1 saturated carbocycles. The molecule has 4 nitrogen and oxygen atoms in total. The van der Waals surface area contributed by atoms with Gasteiger partial charge in [0.25, 0.3) is 5.91 Å². The Morgan fingerprint density at radius 1 is 1.53 bits per heavy atom. The predicted molar refractivity (Wildman–Crippen MR) is 75.9 cm³/mol. The maximum atomic E-state index is 11.6. The van der Waals surface area contributed by atoms with Gasteiger partial charge in [0.2, 0.25) is 0 Å². The fraction of sp³-hybridized carbons (Fsp3) is 0.500. The number of halogens is 1. The Morgan fingerprint density at radius 2 is 2.21 bits per heavy atom. The second kappa shape index (κ2) is 5.51. The standard InChI is InChI=1S/C14H18BrNO3/c1-14(18-2,13(16)17)11-6-5-10(7-12(11)15)19-8-9-3-4-9/h5-7,9H,3-4,8H2,1-2H3,(H2,16,17). The number of hydrogen-bond acceptors (Lipinski definition) is 3. The Bertz CT molecular complexity index is 488. The summed E-state index contributed by atoms with van der Waals surface area (Å²) in [6, 6.07) is 5.49. The highest BCUT2D eigenvalue weighted by atomic mass is 79.9. The number of hydrogen-bond donors (Lipinski definition) is 1. The first-order valence-corrected chi connectivity index (χ1v) is 7.04. The first kappa shape index (κ1) is 14.3. The average molecular weight is 328 g/mol. The summed E-state index contributed by atoms with van der Waals surface area (Å²) >= 11 is 3.45. The van der Waals surface area contributed by atoms with Crippen LogP contribution in [-0.2, 0) is 15.1 Å². The van der Waals surface area contributed by atoms with Gasteiger partial charge in [0.15, 0.2) is 5.60 Å². The molecule has 1 atom stereocenters. The quantitative estimate of drug-likeness (QED) is 0.873. The summed E-state index contributed by atoms with van der Waals surface area (Å²) in [6.45, 7) is 2.41. The van der Waals surface area contributed by atoms with Crippen molar-refractivity contribution in [2.45, 2.75) is 25.4 Å². The van der Waals surface area contributed by atoms with Gasteiger partial charge in [-0.25, -0.2) is 0 Å². The van der Waals surface area contributed by atoms with Crippen LogP contribution in [0.2, 0.25) is 0 Å². The van der Waals surface area contributed by atoms with E-state index in [-0.39, 0.29) is 0 Å². The monoisotopic (exact) mass is 327 g/mol. The number of methoxy groups -OCH3 is 1. The fourth-order valence-corrected chi connectivity index (χ4v) is 2.55. The van der Waals surface area contributed by atoms with Crippen LogP contribution >= 0.6 is 15.9 Å². The summed E-state index contributed by atoms with van der Waals surface area (Å²) in [5.74, 6) is 0.959.